The van der Waals surface area contributed by atoms with E-state index in [-0.39, 0.29) is 12.2 Å². The highest BCUT2D eigenvalue weighted by atomic mass is 19.1. The minimum Gasteiger partial charge on any atom is -0.462 e. The van der Waals surface area contributed by atoms with Crippen molar-refractivity contribution in [3.05, 3.63) is 65.0 Å². The molecule has 3 nitrogen and oxygen atoms in total. The third-order valence-electron chi connectivity index (χ3n) is 2.91. The maximum Gasteiger partial charge on any atom is 0.341 e. The number of aryl methyl sites for hydroxylation is 2. The molecule has 0 spiro atoms. The minimum absolute atomic E-state index is 0.158. The van der Waals surface area contributed by atoms with Gasteiger partial charge in [-0.1, -0.05) is 6.07 Å². The van der Waals surface area contributed by atoms with E-state index in [4.69, 9.17) is 4.74 Å². The molecule has 1 heterocycles. The molecule has 0 N–H and O–H groups in total. The quantitative estimate of drug-likeness (QED) is 0.625. The van der Waals surface area contributed by atoms with E-state index < -0.39 is 17.6 Å². The van der Waals surface area contributed by atoms with E-state index in [0.717, 1.165) is 23.5 Å². The summed E-state index contributed by atoms with van der Waals surface area (Å²) in [5.41, 5.74) is 1.59. The van der Waals surface area contributed by atoms with Gasteiger partial charge >= 0.3 is 5.97 Å². The highest BCUT2D eigenvalue weighted by Crippen LogP contribution is 2.11. The van der Waals surface area contributed by atoms with E-state index in [0.29, 0.717) is 18.9 Å². The second-order valence-corrected chi connectivity index (χ2v) is 4.63. The van der Waals surface area contributed by atoms with Gasteiger partial charge in [-0.3, -0.25) is 4.98 Å². The van der Waals surface area contributed by atoms with Crippen molar-refractivity contribution < 1.29 is 18.3 Å². The number of halogens is 2. The van der Waals surface area contributed by atoms with Gasteiger partial charge in [0.1, 0.15) is 11.6 Å². The van der Waals surface area contributed by atoms with Crippen molar-refractivity contribution in [1.29, 1.82) is 0 Å². The molecule has 0 aliphatic heterocycles. The van der Waals surface area contributed by atoms with Gasteiger partial charge in [0.2, 0.25) is 0 Å². The second kappa shape index (κ2) is 6.92. The van der Waals surface area contributed by atoms with Gasteiger partial charge in [0.25, 0.3) is 0 Å². The van der Waals surface area contributed by atoms with Gasteiger partial charge < -0.3 is 4.74 Å². The number of nitrogens with zero attached hydrogens (tertiary/aromatic N) is 1. The van der Waals surface area contributed by atoms with E-state index >= 15 is 0 Å². The van der Waals surface area contributed by atoms with Crippen LogP contribution in [-0.2, 0) is 11.2 Å². The SMILES string of the molecule is Cc1cccc(CCCOC(=O)c2ccc(F)cc2F)n1. The molecule has 1 aromatic heterocycles. The molecule has 2 aromatic rings. The zero-order valence-corrected chi connectivity index (χ0v) is 11.6. The standard InChI is InChI=1S/C16H15F2NO2/c1-11-4-2-5-13(19-11)6-3-9-21-16(20)14-8-7-12(17)10-15(14)18/h2,4-5,7-8,10H,3,6,9H2,1H3. The lowest BCUT2D eigenvalue weighted by atomic mass is 10.2. The van der Waals surface area contributed by atoms with Crippen molar-refractivity contribution in [3.8, 4) is 0 Å². The van der Waals surface area contributed by atoms with Gasteiger partial charge in [-0.05, 0) is 44.0 Å². The summed E-state index contributed by atoms with van der Waals surface area (Å²) in [4.78, 5) is 16.0. The van der Waals surface area contributed by atoms with Crippen LogP contribution in [0.3, 0.4) is 0 Å². The zero-order chi connectivity index (χ0) is 15.2. The Morgan fingerprint density at radius 2 is 2.05 bits per heavy atom. The van der Waals surface area contributed by atoms with Crippen LogP contribution in [0.2, 0.25) is 0 Å². The Balaban J connectivity index is 1.82. The van der Waals surface area contributed by atoms with Crippen molar-refractivity contribution in [3.63, 3.8) is 0 Å². The second-order valence-electron chi connectivity index (χ2n) is 4.63. The summed E-state index contributed by atoms with van der Waals surface area (Å²) in [7, 11) is 0. The van der Waals surface area contributed by atoms with Crippen LogP contribution in [0.4, 0.5) is 8.78 Å². The van der Waals surface area contributed by atoms with Gasteiger partial charge in [0.15, 0.2) is 0 Å². The van der Waals surface area contributed by atoms with Crippen LogP contribution in [0.15, 0.2) is 36.4 Å². The summed E-state index contributed by atoms with van der Waals surface area (Å²) >= 11 is 0. The fourth-order valence-electron chi connectivity index (χ4n) is 1.89. The first kappa shape index (κ1) is 15.1. The Kier molecular flexibility index (Phi) is 4.98. The van der Waals surface area contributed by atoms with Crippen LogP contribution >= 0.6 is 0 Å². The third-order valence-corrected chi connectivity index (χ3v) is 2.91. The molecule has 0 saturated carbocycles. The number of hydrogen-bond acceptors (Lipinski definition) is 3. The topological polar surface area (TPSA) is 39.2 Å². The molecule has 0 atom stereocenters. The van der Waals surface area contributed by atoms with Crippen LogP contribution < -0.4 is 0 Å². The van der Waals surface area contributed by atoms with Crippen LogP contribution in [0.5, 0.6) is 0 Å². The van der Waals surface area contributed by atoms with Gasteiger partial charge in [-0.25, -0.2) is 13.6 Å². The van der Waals surface area contributed by atoms with Crippen molar-refractivity contribution in [1.82, 2.24) is 4.98 Å². The van der Waals surface area contributed by atoms with Crippen molar-refractivity contribution in [2.45, 2.75) is 19.8 Å². The highest BCUT2D eigenvalue weighted by Gasteiger charge is 2.13. The monoisotopic (exact) mass is 291 g/mol. The van der Waals surface area contributed by atoms with Gasteiger partial charge in [-0.15, -0.1) is 0 Å². The first-order valence-corrected chi connectivity index (χ1v) is 6.61. The molecule has 0 radical (unpaired) electrons. The van der Waals surface area contributed by atoms with E-state index in [2.05, 4.69) is 4.98 Å². The molecular formula is C16H15F2NO2. The van der Waals surface area contributed by atoms with E-state index in [9.17, 15) is 13.6 Å². The molecule has 0 saturated heterocycles. The molecule has 2 rings (SSSR count). The summed E-state index contributed by atoms with van der Waals surface area (Å²) in [5.74, 6) is -2.43. The van der Waals surface area contributed by atoms with Crippen LogP contribution in [0.25, 0.3) is 0 Å². The molecule has 21 heavy (non-hydrogen) atoms. The first-order chi connectivity index (χ1) is 10.1. The Morgan fingerprint density at radius 1 is 1.24 bits per heavy atom. The number of aromatic nitrogens is 1. The van der Waals surface area contributed by atoms with Crippen molar-refractivity contribution in [2.75, 3.05) is 6.61 Å². The lowest BCUT2D eigenvalue weighted by molar-refractivity contribution is 0.0495. The lowest BCUT2D eigenvalue weighted by Crippen LogP contribution is -2.09. The Morgan fingerprint density at radius 3 is 2.76 bits per heavy atom. The largest absolute Gasteiger partial charge is 0.462 e. The normalized spacial score (nSPS) is 10.4. The average Bonchev–Trinajstić information content (AvgIpc) is 2.43. The van der Waals surface area contributed by atoms with Gasteiger partial charge in [0, 0.05) is 17.5 Å². The summed E-state index contributed by atoms with van der Waals surface area (Å²) in [6.45, 7) is 2.06. The fraction of sp³-hybridized carbons (Fsp3) is 0.250. The molecule has 0 amide bonds. The molecular weight excluding hydrogens is 276 g/mol. The molecule has 1 aromatic carbocycles. The van der Waals surface area contributed by atoms with Gasteiger partial charge in [0.05, 0.1) is 12.2 Å². The van der Waals surface area contributed by atoms with Crippen LogP contribution in [0, 0.1) is 18.6 Å². The lowest BCUT2D eigenvalue weighted by Gasteiger charge is -2.06. The van der Waals surface area contributed by atoms with Crippen LogP contribution in [0.1, 0.15) is 28.2 Å². The number of carbonyl (C=O) groups excluding carboxylic acids is 1. The Labute approximate surface area is 121 Å². The van der Waals surface area contributed by atoms with Crippen molar-refractivity contribution >= 4 is 5.97 Å². The maximum atomic E-state index is 13.4. The number of esters is 1. The molecule has 0 bridgehead atoms. The summed E-state index contributed by atoms with van der Waals surface area (Å²) in [6, 6.07) is 8.48. The third kappa shape index (κ3) is 4.34. The van der Waals surface area contributed by atoms with Gasteiger partial charge in [-0.2, -0.15) is 0 Å². The molecule has 5 heteroatoms. The predicted molar refractivity (Wildman–Crippen MR) is 73.9 cm³/mol. The predicted octanol–water partition coefficient (Wildman–Crippen LogP) is 3.46. The first-order valence-electron chi connectivity index (χ1n) is 6.61. The molecule has 0 aliphatic rings. The molecule has 0 unspecified atom stereocenters. The summed E-state index contributed by atoms with van der Waals surface area (Å²) in [5, 5.41) is 0. The number of hydrogen-bond donors (Lipinski definition) is 0. The number of pyridine rings is 1. The van der Waals surface area contributed by atoms with E-state index in [1.54, 1.807) is 0 Å². The number of rotatable bonds is 5. The van der Waals surface area contributed by atoms with E-state index in [1.165, 1.54) is 0 Å². The Bertz CT molecular complexity index is 644. The molecule has 0 aliphatic carbocycles. The van der Waals surface area contributed by atoms with Crippen molar-refractivity contribution in [2.24, 2.45) is 0 Å². The maximum absolute atomic E-state index is 13.4. The molecule has 110 valence electrons. The summed E-state index contributed by atoms with van der Waals surface area (Å²) < 4.78 is 31.1. The summed E-state index contributed by atoms with van der Waals surface area (Å²) in [6.07, 6.45) is 1.26. The number of ether oxygens (including phenoxy) is 1. The fourth-order valence-corrected chi connectivity index (χ4v) is 1.89. The highest BCUT2D eigenvalue weighted by molar-refractivity contribution is 5.89. The number of carbonyl (C=O) groups is 1. The average molecular weight is 291 g/mol. The Hall–Kier alpha value is -2.30. The minimum atomic E-state index is -0.916. The van der Waals surface area contributed by atoms with Crippen LogP contribution in [-0.4, -0.2) is 17.6 Å². The number of benzene rings is 1. The smallest absolute Gasteiger partial charge is 0.341 e. The van der Waals surface area contributed by atoms with E-state index in [1.807, 2.05) is 25.1 Å². The zero-order valence-electron chi connectivity index (χ0n) is 11.6. The molecule has 0 fully saturated rings.